The highest BCUT2D eigenvalue weighted by Crippen LogP contribution is 2.21. The zero-order valence-corrected chi connectivity index (χ0v) is 16.3. The summed E-state index contributed by atoms with van der Waals surface area (Å²) in [4.78, 5) is 13.5. The van der Waals surface area contributed by atoms with Crippen LogP contribution in [0.2, 0.25) is 0 Å². The minimum absolute atomic E-state index is 0.0941. The van der Waals surface area contributed by atoms with Crippen molar-refractivity contribution in [2.45, 2.75) is 19.4 Å². The zero-order valence-electron chi connectivity index (χ0n) is 15.5. The van der Waals surface area contributed by atoms with Gasteiger partial charge in [0.15, 0.2) is 9.84 Å². The maximum atomic E-state index is 11.6. The Hall–Kier alpha value is -2.35. The molecule has 2 saturated heterocycles. The van der Waals surface area contributed by atoms with Gasteiger partial charge in [0.25, 0.3) is 0 Å². The maximum Gasteiger partial charge on any atom is 0.224 e. The van der Waals surface area contributed by atoms with E-state index in [9.17, 15) is 8.42 Å². The third kappa shape index (κ3) is 4.32. The fourth-order valence-corrected chi connectivity index (χ4v) is 5.38. The lowest BCUT2D eigenvalue weighted by molar-refractivity contribution is 0.602. The molecule has 27 heavy (non-hydrogen) atoms. The van der Waals surface area contributed by atoms with Gasteiger partial charge in [-0.2, -0.15) is 4.98 Å². The molecule has 2 aromatic rings. The molecule has 8 heteroatoms. The highest BCUT2D eigenvalue weighted by atomic mass is 32.2. The molecule has 3 heterocycles. The first-order chi connectivity index (χ1) is 13.0. The molecule has 144 valence electrons. The van der Waals surface area contributed by atoms with E-state index >= 15 is 0 Å². The van der Waals surface area contributed by atoms with Gasteiger partial charge < -0.3 is 15.1 Å². The van der Waals surface area contributed by atoms with E-state index in [-0.39, 0.29) is 17.5 Å². The number of nitrogens with zero attached hydrogens (tertiary/aromatic N) is 4. The van der Waals surface area contributed by atoms with Crippen molar-refractivity contribution in [1.29, 1.82) is 0 Å². The van der Waals surface area contributed by atoms with Crippen molar-refractivity contribution in [3.05, 3.63) is 42.1 Å². The van der Waals surface area contributed by atoms with Crippen molar-refractivity contribution < 1.29 is 8.42 Å². The van der Waals surface area contributed by atoms with Gasteiger partial charge in [-0.1, -0.05) is 12.1 Å². The predicted molar refractivity (Wildman–Crippen MR) is 108 cm³/mol. The summed E-state index contributed by atoms with van der Waals surface area (Å²) < 4.78 is 23.2. The molecule has 2 aliphatic rings. The molecule has 0 radical (unpaired) electrons. The van der Waals surface area contributed by atoms with Crippen LogP contribution in [0.1, 0.15) is 12.0 Å². The van der Waals surface area contributed by atoms with E-state index in [0.717, 1.165) is 32.0 Å². The van der Waals surface area contributed by atoms with E-state index in [1.165, 1.54) is 11.3 Å². The molecule has 1 atom stereocenters. The summed E-state index contributed by atoms with van der Waals surface area (Å²) in [7, 11) is -2.92. The average molecular weight is 388 g/mol. The van der Waals surface area contributed by atoms with Crippen LogP contribution in [-0.2, 0) is 9.84 Å². The number of aromatic nitrogens is 2. The van der Waals surface area contributed by atoms with E-state index in [1.54, 1.807) is 6.20 Å². The van der Waals surface area contributed by atoms with Gasteiger partial charge in [0.2, 0.25) is 5.95 Å². The van der Waals surface area contributed by atoms with E-state index < -0.39 is 9.84 Å². The number of anilines is 3. The molecule has 1 aromatic heterocycles. The lowest BCUT2D eigenvalue weighted by atomic mass is 10.2. The SMILES string of the molecule is Cc1cccc(N2CCN(c3ccnc(NC4CCS(=O)(=O)C4)n3)CC2)c1. The minimum Gasteiger partial charge on any atom is -0.368 e. The van der Waals surface area contributed by atoms with Gasteiger partial charge in [-0.3, -0.25) is 0 Å². The monoisotopic (exact) mass is 387 g/mol. The third-order valence-electron chi connectivity index (χ3n) is 5.18. The summed E-state index contributed by atoms with van der Waals surface area (Å²) in [6.07, 6.45) is 2.35. The molecule has 1 unspecified atom stereocenters. The van der Waals surface area contributed by atoms with Gasteiger partial charge in [-0.05, 0) is 37.1 Å². The lowest BCUT2D eigenvalue weighted by Crippen LogP contribution is -2.46. The number of nitrogens with one attached hydrogen (secondary N) is 1. The Bertz CT molecular complexity index is 910. The Labute approximate surface area is 160 Å². The third-order valence-corrected chi connectivity index (χ3v) is 6.94. The number of rotatable bonds is 4. The molecule has 4 rings (SSSR count). The molecule has 2 aliphatic heterocycles. The summed E-state index contributed by atoms with van der Waals surface area (Å²) in [5.41, 5.74) is 2.54. The molecule has 0 saturated carbocycles. The molecule has 0 spiro atoms. The van der Waals surface area contributed by atoms with Crippen molar-refractivity contribution >= 4 is 27.3 Å². The fraction of sp³-hybridized carbons (Fsp3) is 0.474. The fourth-order valence-electron chi connectivity index (χ4n) is 3.70. The van der Waals surface area contributed by atoms with Crippen molar-refractivity contribution in [2.75, 3.05) is 52.8 Å². The Balaban J connectivity index is 1.38. The van der Waals surface area contributed by atoms with Crippen molar-refractivity contribution in [3.8, 4) is 0 Å². The van der Waals surface area contributed by atoms with E-state index in [4.69, 9.17) is 0 Å². The summed E-state index contributed by atoms with van der Waals surface area (Å²) in [5.74, 6) is 1.80. The second-order valence-electron chi connectivity index (χ2n) is 7.30. The van der Waals surface area contributed by atoms with Crippen LogP contribution in [-0.4, -0.2) is 62.1 Å². The topological polar surface area (TPSA) is 78.4 Å². The highest BCUT2D eigenvalue weighted by molar-refractivity contribution is 7.91. The summed E-state index contributed by atoms with van der Waals surface area (Å²) in [6, 6.07) is 10.4. The van der Waals surface area contributed by atoms with Crippen molar-refractivity contribution in [3.63, 3.8) is 0 Å². The van der Waals surface area contributed by atoms with Gasteiger partial charge in [0, 0.05) is 44.1 Å². The Morgan fingerprint density at radius 3 is 2.59 bits per heavy atom. The Morgan fingerprint density at radius 2 is 1.89 bits per heavy atom. The van der Waals surface area contributed by atoms with Gasteiger partial charge in [0.1, 0.15) is 5.82 Å². The Kier molecular flexibility index (Phi) is 4.90. The van der Waals surface area contributed by atoms with Crippen LogP contribution in [0.15, 0.2) is 36.5 Å². The minimum atomic E-state index is -2.92. The predicted octanol–water partition coefficient (Wildman–Crippen LogP) is 1.71. The van der Waals surface area contributed by atoms with Gasteiger partial charge >= 0.3 is 0 Å². The number of benzene rings is 1. The number of piperazine rings is 1. The highest BCUT2D eigenvalue weighted by Gasteiger charge is 2.28. The van der Waals surface area contributed by atoms with Crippen LogP contribution in [0.3, 0.4) is 0 Å². The maximum absolute atomic E-state index is 11.6. The summed E-state index contributed by atoms with van der Waals surface area (Å²) >= 11 is 0. The van der Waals surface area contributed by atoms with E-state index in [2.05, 4.69) is 56.3 Å². The molecule has 1 N–H and O–H groups in total. The van der Waals surface area contributed by atoms with Crippen molar-refractivity contribution in [1.82, 2.24) is 9.97 Å². The summed E-state index contributed by atoms with van der Waals surface area (Å²) in [5, 5.41) is 3.18. The van der Waals surface area contributed by atoms with Crippen LogP contribution in [0, 0.1) is 6.92 Å². The number of aryl methyl sites for hydroxylation is 1. The molecule has 7 nitrogen and oxygen atoms in total. The zero-order chi connectivity index (χ0) is 18.9. The van der Waals surface area contributed by atoms with E-state index in [1.807, 2.05) is 6.07 Å². The number of hydrogen-bond donors (Lipinski definition) is 1. The molecule has 1 aromatic carbocycles. The molecule has 0 bridgehead atoms. The van der Waals surface area contributed by atoms with Gasteiger partial charge in [0.05, 0.1) is 11.5 Å². The standard InChI is InChI=1S/C19H25N5O2S/c1-15-3-2-4-17(13-15)23-8-10-24(11-9-23)18-5-7-20-19(22-18)21-16-6-12-27(25,26)14-16/h2-5,7,13,16H,6,8-12,14H2,1H3,(H,20,21,22). The smallest absolute Gasteiger partial charge is 0.224 e. The first-order valence-electron chi connectivity index (χ1n) is 9.35. The first kappa shape index (κ1) is 18.0. The summed E-state index contributed by atoms with van der Waals surface area (Å²) in [6.45, 7) is 5.78. The largest absolute Gasteiger partial charge is 0.368 e. The van der Waals surface area contributed by atoms with Crippen LogP contribution in [0.25, 0.3) is 0 Å². The average Bonchev–Trinajstić information content (AvgIpc) is 3.00. The Morgan fingerprint density at radius 1 is 1.11 bits per heavy atom. The second-order valence-corrected chi connectivity index (χ2v) is 9.52. The lowest BCUT2D eigenvalue weighted by Gasteiger charge is -2.36. The second kappa shape index (κ2) is 7.34. The van der Waals surface area contributed by atoms with Crippen LogP contribution in [0.5, 0.6) is 0 Å². The molecule has 0 amide bonds. The number of sulfone groups is 1. The number of hydrogen-bond acceptors (Lipinski definition) is 7. The normalized spacial score (nSPS) is 22.0. The quantitative estimate of drug-likeness (QED) is 0.856. The molecule has 2 fully saturated rings. The molecule has 0 aliphatic carbocycles. The van der Waals surface area contributed by atoms with Crippen molar-refractivity contribution in [2.24, 2.45) is 0 Å². The molecular formula is C19H25N5O2S. The van der Waals surface area contributed by atoms with Gasteiger partial charge in [-0.15, -0.1) is 0 Å². The van der Waals surface area contributed by atoms with Crippen LogP contribution in [0.4, 0.5) is 17.5 Å². The molecular weight excluding hydrogens is 362 g/mol. The van der Waals surface area contributed by atoms with E-state index in [0.29, 0.717) is 12.4 Å². The van der Waals surface area contributed by atoms with Gasteiger partial charge in [-0.25, -0.2) is 13.4 Å². The van der Waals surface area contributed by atoms with Crippen LogP contribution < -0.4 is 15.1 Å². The van der Waals surface area contributed by atoms with Crippen LogP contribution >= 0.6 is 0 Å². The first-order valence-corrected chi connectivity index (χ1v) is 11.2.